The van der Waals surface area contributed by atoms with Crippen molar-refractivity contribution in [3.05, 3.63) is 0 Å². The van der Waals surface area contributed by atoms with Crippen molar-refractivity contribution in [2.75, 3.05) is 40.2 Å². The molecule has 0 heterocycles. The lowest BCUT2D eigenvalue weighted by Gasteiger charge is -2.25. The minimum atomic E-state index is -2.57. The van der Waals surface area contributed by atoms with Gasteiger partial charge in [-0.1, -0.05) is 12.8 Å². The van der Waals surface area contributed by atoms with Crippen LogP contribution in [0.2, 0.25) is 0 Å². The molecule has 0 rings (SSSR count). The highest BCUT2D eigenvalue weighted by atomic mass is 28.4. The highest BCUT2D eigenvalue weighted by molar-refractivity contribution is 6.60. The van der Waals surface area contributed by atoms with E-state index < -0.39 is 8.80 Å². The van der Waals surface area contributed by atoms with Gasteiger partial charge in [0.25, 0.3) is 0 Å². The van der Waals surface area contributed by atoms with Gasteiger partial charge in [0.2, 0.25) is 0 Å². The minimum Gasteiger partial charge on any atom is -0.376 e. The molecule has 17 heavy (non-hydrogen) atoms. The predicted molar refractivity (Wildman–Crippen MR) is 70.3 cm³/mol. The number of hydrogen-bond donors (Lipinski definition) is 3. The molecule has 104 valence electrons. The van der Waals surface area contributed by atoms with E-state index in [0.717, 1.165) is 25.9 Å². The largest absolute Gasteiger partial charge is 0.515 e. The van der Waals surface area contributed by atoms with E-state index in [9.17, 15) is 0 Å². The zero-order valence-electron chi connectivity index (χ0n) is 11.0. The number of nitrogens with one attached hydrogen (secondary N) is 1. The zero-order chi connectivity index (χ0) is 13.0. The predicted octanol–water partition coefficient (Wildman–Crippen LogP) is -0.201. The Morgan fingerprint density at radius 2 is 1.65 bits per heavy atom. The molecule has 0 bridgehead atoms. The van der Waals surface area contributed by atoms with Crippen LogP contribution in [-0.2, 0) is 13.3 Å². The molecule has 0 radical (unpaired) electrons. The van der Waals surface area contributed by atoms with Gasteiger partial charge in [-0.25, -0.2) is 0 Å². The smallest absolute Gasteiger partial charge is 0.376 e. The number of unbranched alkanes of at least 4 members (excludes halogenated alkanes) is 3. The van der Waals surface area contributed by atoms with E-state index in [1.807, 2.05) is 0 Å². The van der Waals surface area contributed by atoms with Crippen LogP contribution < -0.4 is 16.8 Å². The summed E-state index contributed by atoms with van der Waals surface area (Å²) in [6.45, 7) is 1.83. The SMILES string of the molecule is CO[Si](CNCCCCCCN)(OC)OCN. The Morgan fingerprint density at radius 1 is 1.00 bits per heavy atom. The van der Waals surface area contributed by atoms with Gasteiger partial charge in [0, 0.05) is 14.2 Å². The molecule has 0 spiro atoms. The summed E-state index contributed by atoms with van der Waals surface area (Å²) in [6.07, 6.45) is 5.20. The topological polar surface area (TPSA) is 91.8 Å². The van der Waals surface area contributed by atoms with Gasteiger partial charge in [-0.15, -0.1) is 0 Å². The monoisotopic (exact) mass is 265 g/mol. The van der Waals surface area contributed by atoms with Gasteiger partial charge in [-0.3, -0.25) is 0 Å². The van der Waals surface area contributed by atoms with Crippen molar-refractivity contribution in [1.29, 1.82) is 0 Å². The molecule has 0 aromatic carbocycles. The summed E-state index contributed by atoms with van der Waals surface area (Å²) in [5, 5.41) is 3.29. The van der Waals surface area contributed by atoms with E-state index in [2.05, 4.69) is 5.32 Å². The van der Waals surface area contributed by atoms with Crippen LogP contribution in [-0.4, -0.2) is 49.0 Å². The molecule has 0 unspecified atom stereocenters. The second kappa shape index (κ2) is 11.1. The van der Waals surface area contributed by atoms with Crippen molar-refractivity contribution in [2.24, 2.45) is 11.5 Å². The van der Waals surface area contributed by atoms with Gasteiger partial charge in [-0.2, -0.15) is 0 Å². The number of nitrogens with two attached hydrogens (primary N) is 2. The van der Waals surface area contributed by atoms with Crippen LogP contribution in [0.1, 0.15) is 25.7 Å². The van der Waals surface area contributed by atoms with Gasteiger partial charge in [0.05, 0.1) is 12.9 Å². The van der Waals surface area contributed by atoms with Crippen molar-refractivity contribution < 1.29 is 13.3 Å². The Labute approximate surface area is 105 Å². The summed E-state index contributed by atoms with van der Waals surface area (Å²) in [5.74, 6) is 0. The molecule has 6 nitrogen and oxygen atoms in total. The van der Waals surface area contributed by atoms with Crippen molar-refractivity contribution in [3.8, 4) is 0 Å². The van der Waals surface area contributed by atoms with Crippen LogP contribution in [0.25, 0.3) is 0 Å². The molecule has 5 N–H and O–H groups in total. The summed E-state index contributed by atoms with van der Waals surface area (Å²) < 4.78 is 16.0. The fourth-order valence-corrected chi connectivity index (χ4v) is 3.04. The lowest BCUT2D eigenvalue weighted by atomic mass is 10.2. The Balaban J connectivity index is 3.61. The van der Waals surface area contributed by atoms with Crippen molar-refractivity contribution in [1.82, 2.24) is 5.32 Å². The normalized spacial score (nSPS) is 12.0. The molecule has 0 aliphatic rings. The van der Waals surface area contributed by atoms with E-state index in [1.54, 1.807) is 14.2 Å². The third-order valence-electron chi connectivity index (χ3n) is 2.57. The van der Waals surface area contributed by atoms with Crippen LogP contribution in [0, 0.1) is 0 Å². The maximum atomic E-state index is 5.42. The highest BCUT2D eigenvalue weighted by Crippen LogP contribution is 2.05. The second-order valence-corrected chi connectivity index (χ2v) is 6.61. The van der Waals surface area contributed by atoms with E-state index in [-0.39, 0.29) is 6.73 Å². The fraction of sp³-hybridized carbons (Fsp3) is 1.00. The standard InChI is InChI=1S/C10H27N3O3Si/c1-14-17(15-2,16-9-12)10-13-8-6-4-3-5-7-11/h13H,3-12H2,1-2H3. The van der Waals surface area contributed by atoms with Crippen LogP contribution in [0.3, 0.4) is 0 Å². The average Bonchev–Trinajstić information content (AvgIpc) is 2.36. The molecule has 0 saturated heterocycles. The average molecular weight is 265 g/mol. The Bertz CT molecular complexity index is 171. The van der Waals surface area contributed by atoms with E-state index in [0.29, 0.717) is 6.17 Å². The van der Waals surface area contributed by atoms with Crippen LogP contribution in [0.4, 0.5) is 0 Å². The summed E-state index contributed by atoms with van der Waals surface area (Å²) in [7, 11) is 0.608. The number of hydrogen-bond acceptors (Lipinski definition) is 6. The fourth-order valence-electron chi connectivity index (χ4n) is 1.51. The van der Waals surface area contributed by atoms with E-state index in [4.69, 9.17) is 24.7 Å². The maximum absolute atomic E-state index is 5.42. The highest BCUT2D eigenvalue weighted by Gasteiger charge is 2.38. The Hall–Kier alpha value is -0.0231. The number of rotatable bonds is 12. The molecular formula is C10H27N3O3Si. The van der Waals surface area contributed by atoms with Crippen LogP contribution in [0.5, 0.6) is 0 Å². The molecule has 0 atom stereocenters. The van der Waals surface area contributed by atoms with Crippen LogP contribution >= 0.6 is 0 Å². The molecule has 0 amide bonds. The molecular weight excluding hydrogens is 238 g/mol. The van der Waals surface area contributed by atoms with Crippen molar-refractivity contribution in [2.45, 2.75) is 25.7 Å². The molecule has 0 saturated carbocycles. The van der Waals surface area contributed by atoms with Gasteiger partial charge < -0.3 is 30.1 Å². The quantitative estimate of drug-likeness (QED) is 0.257. The maximum Gasteiger partial charge on any atom is 0.515 e. The van der Waals surface area contributed by atoms with Gasteiger partial charge in [0.15, 0.2) is 0 Å². The molecule has 0 fully saturated rings. The molecule has 0 aliphatic carbocycles. The lowest BCUT2D eigenvalue weighted by molar-refractivity contribution is 0.0996. The first kappa shape index (κ1) is 17.0. The molecule has 0 aromatic rings. The summed E-state index contributed by atoms with van der Waals surface area (Å²) in [6, 6.07) is 0. The first-order chi connectivity index (χ1) is 8.24. The first-order valence-electron chi connectivity index (χ1n) is 6.09. The van der Waals surface area contributed by atoms with Gasteiger partial charge in [-0.05, 0) is 25.9 Å². The molecule has 0 aromatic heterocycles. The lowest BCUT2D eigenvalue weighted by Crippen LogP contribution is -2.54. The molecule has 0 aliphatic heterocycles. The Kier molecular flexibility index (Phi) is 11.1. The summed E-state index contributed by atoms with van der Waals surface area (Å²) in [4.78, 5) is 0. The first-order valence-corrected chi connectivity index (χ1v) is 8.03. The van der Waals surface area contributed by atoms with Crippen molar-refractivity contribution >= 4 is 8.80 Å². The third kappa shape index (κ3) is 7.82. The second-order valence-electron chi connectivity index (χ2n) is 3.78. The third-order valence-corrected chi connectivity index (χ3v) is 5.11. The van der Waals surface area contributed by atoms with Gasteiger partial charge in [0.1, 0.15) is 0 Å². The van der Waals surface area contributed by atoms with Gasteiger partial charge >= 0.3 is 8.80 Å². The van der Waals surface area contributed by atoms with Crippen LogP contribution in [0.15, 0.2) is 0 Å². The minimum absolute atomic E-state index is 0.117. The zero-order valence-corrected chi connectivity index (χ0v) is 12.0. The summed E-state index contributed by atoms with van der Waals surface area (Å²) in [5.41, 5.74) is 10.8. The van der Waals surface area contributed by atoms with E-state index in [1.165, 1.54) is 12.8 Å². The summed E-state index contributed by atoms with van der Waals surface area (Å²) >= 11 is 0. The molecule has 7 heteroatoms. The Morgan fingerprint density at radius 3 is 2.18 bits per heavy atom. The van der Waals surface area contributed by atoms with E-state index >= 15 is 0 Å². The van der Waals surface area contributed by atoms with Crippen molar-refractivity contribution in [3.63, 3.8) is 0 Å².